The Kier molecular flexibility index (Phi) is 152. The van der Waals surface area contributed by atoms with Gasteiger partial charge in [0.15, 0.2) is 0 Å². The number of nitrogens with two attached hydrogens (primary N) is 1. The van der Waals surface area contributed by atoms with Gasteiger partial charge in [0.2, 0.25) is 0 Å². The van der Waals surface area contributed by atoms with E-state index < -0.39 is 0 Å². The fourth-order valence-corrected chi connectivity index (χ4v) is 0. The van der Waals surface area contributed by atoms with E-state index in [1.165, 1.54) is 0 Å². The van der Waals surface area contributed by atoms with E-state index in [2.05, 4.69) is 19.6 Å². The molecule has 0 aromatic carbocycles. The van der Waals surface area contributed by atoms with E-state index in [-0.39, 0.29) is 27.2 Å². The molecule has 0 aliphatic heterocycles. The zero-order valence-electron chi connectivity index (χ0n) is 4.11. The van der Waals surface area contributed by atoms with Gasteiger partial charge in [0.1, 0.15) is 0 Å². The van der Waals surface area contributed by atoms with Crippen molar-refractivity contribution in [2.75, 3.05) is 5.75 Å². The summed E-state index contributed by atoms with van der Waals surface area (Å²) in [4.78, 5) is 8.24. The summed E-state index contributed by atoms with van der Waals surface area (Å²) >= 11 is 3.68. The van der Waals surface area contributed by atoms with Gasteiger partial charge in [-0.3, -0.25) is 0 Å². The minimum Gasteiger partial charge on any atom is -0.693 e. The van der Waals surface area contributed by atoms with Crippen molar-refractivity contribution in [2.24, 2.45) is 0 Å². The van der Waals surface area contributed by atoms with Crippen LogP contribution in [0.1, 0.15) is 0 Å². The van der Waals surface area contributed by atoms with Crippen molar-refractivity contribution in [3.63, 3.8) is 0 Å². The maximum absolute atomic E-state index is 8.24. The van der Waals surface area contributed by atoms with Gasteiger partial charge in [0.25, 0.3) is 0 Å². The predicted molar refractivity (Wildman–Crippen MR) is 32.8 cm³/mol. The van der Waals surface area contributed by atoms with Gasteiger partial charge in [-0.25, -0.2) is 12.6 Å². The molecule has 0 spiro atoms. The molecule has 3 nitrogen and oxygen atoms in total. The summed E-state index contributed by atoms with van der Waals surface area (Å²) in [5.74, 6) is 0.694. The van der Waals surface area contributed by atoms with Gasteiger partial charge < -0.3 is 23.0 Å². The number of thiol groups is 1. The molecule has 0 saturated heterocycles. The van der Waals surface area contributed by atoms with Crippen LogP contribution in [-0.2, 0) is 25.9 Å². The largest absolute Gasteiger partial charge is 0.693 e. The summed E-state index contributed by atoms with van der Waals surface area (Å²) in [7, 11) is 0. The Morgan fingerprint density at radius 3 is 1.75 bits per heavy atom. The van der Waals surface area contributed by atoms with Crippen molar-refractivity contribution in [1.82, 2.24) is 0 Å². The SMILES string of the molecule is O=[C-]O.[CH2-]CS.[NH2-].[Pt]. The molecule has 56 valence electrons. The van der Waals surface area contributed by atoms with Gasteiger partial charge >= 0.3 is 0 Å². The molecule has 0 rings (SSSR count). The van der Waals surface area contributed by atoms with Gasteiger partial charge in [0.05, 0.1) is 0 Å². The van der Waals surface area contributed by atoms with E-state index >= 15 is 0 Å². The minimum atomic E-state index is 0. The van der Waals surface area contributed by atoms with Crippen LogP contribution in [0.2, 0.25) is 0 Å². The quantitative estimate of drug-likeness (QED) is 0.518. The molecule has 0 saturated carbocycles. The molecule has 0 aromatic rings. The Bertz CT molecular complexity index is 31.2. The smallest absolute Gasteiger partial charge is 0 e. The second-order valence-electron chi connectivity index (χ2n) is 0.315. The first-order chi connectivity index (χ1) is 2.83. The Hall–Kier alpha value is 0.468. The van der Waals surface area contributed by atoms with Crippen LogP contribution in [0.4, 0.5) is 0 Å². The van der Waals surface area contributed by atoms with E-state index in [4.69, 9.17) is 9.90 Å². The van der Waals surface area contributed by atoms with Gasteiger partial charge in [-0.05, 0) is 0 Å². The van der Waals surface area contributed by atoms with Crippen LogP contribution in [0.15, 0.2) is 0 Å². The van der Waals surface area contributed by atoms with Crippen molar-refractivity contribution < 1.29 is 31.0 Å². The summed E-state index contributed by atoms with van der Waals surface area (Å²) < 4.78 is 0. The molecule has 0 atom stereocenters. The summed E-state index contributed by atoms with van der Waals surface area (Å²) in [5, 5.41) is 6.76. The fraction of sp³-hybridized carbons (Fsp3) is 0.333. The molecule has 0 amide bonds. The van der Waals surface area contributed by atoms with Gasteiger partial charge in [-0.1, -0.05) is 6.47 Å². The predicted octanol–water partition coefficient (Wildman–Crippen LogP) is 1.08. The Morgan fingerprint density at radius 2 is 1.75 bits per heavy atom. The van der Waals surface area contributed by atoms with Crippen molar-refractivity contribution >= 4 is 19.1 Å². The molecule has 0 aromatic heterocycles. The second-order valence-corrected chi connectivity index (χ2v) is 0.762. The zero-order valence-corrected chi connectivity index (χ0v) is 7.28. The van der Waals surface area contributed by atoms with Crippen LogP contribution in [0.3, 0.4) is 0 Å². The van der Waals surface area contributed by atoms with Crippen molar-refractivity contribution in [1.29, 1.82) is 0 Å². The maximum atomic E-state index is 8.24. The van der Waals surface area contributed by atoms with Crippen LogP contribution in [0.25, 0.3) is 6.15 Å². The number of aliphatic hydroxyl groups excluding tert-OH is 1. The van der Waals surface area contributed by atoms with Gasteiger partial charge in [-0.15, -0.1) is 5.75 Å². The van der Waals surface area contributed by atoms with Gasteiger partial charge in [-0.2, -0.15) is 0 Å². The van der Waals surface area contributed by atoms with E-state index in [1.54, 1.807) is 0 Å². The molecule has 0 aliphatic carbocycles. The Balaban J connectivity index is -0.0000000160. The topological polar surface area (TPSA) is 70.8 Å². The molecule has 0 heterocycles. The first-order valence-electron chi connectivity index (χ1n) is 1.24. The number of rotatable bonds is 0. The van der Waals surface area contributed by atoms with Crippen molar-refractivity contribution in [3.8, 4) is 0 Å². The van der Waals surface area contributed by atoms with E-state index in [0.717, 1.165) is 0 Å². The Morgan fingerprint density at radius 1 is 1.75 bits per heavy atom. The van der Waals surface area contributed by atoms with E-state index in [9.17, 15) is 0 Å². The molecular formula is C3H8NO2PtS-3. The van der Waals surface area contributed by atoms with Crippen molar-refractivity contribution in [3.05, 3.63) is 13.1 Å². The normalized spacial score (nSPS) is 3.75. The summed E-state index contributed by atoms with van der Waals surface area (Å²) in [6.07, 6.45) is 0. The molecular weight excluding hydrogens is 309 g/mol. The van der Waals surface area contributed by atoms with Crippen LogP contribution < -0.4 is 0 Å². The minimum absolute atomic E-state index is 0. The van der Waals surface area contributed by atoms with Gasteiger partial charge in [0, 0.05) is 21.1 Å². The molecule has 0 bridgehead atoms. The first kappa shape index (κ1) is 23.7. The standard InChI is InChI=1S/C2H5S.CHO2.H2N.Pt/c1-2-3;2-1-3;;/h3H,1-2H2;(H,2,3);1H2;/q3*-1;. The number of hydrogen-bond donors (Lipinski definition) is 2. The third-order valence-electron chi connectivity index (χ3n) is 0. The zero-order chi connectivity index (χ0) is 5.41. The molecule has 0 fully saturated rings. The maximum Gasteiger partial charge on any atom is 0 e. The first-order valence-corrected chi connectivity index (χ1v) is 1.88. The molecule has 0 aliphatic rings. The summed E-state index contributed by atoms with van der Waals surface area (Å²) in [6, 6.07) is 0. The average molecular weight is 317 g/mol. The van der Waals surface area contributed by atoms with Crippen LogP contribution in [0, 0.1) is 6.92 Å². The molecule has 3 N–H and O–H groups in total. The molecule has 0 radical (unpaired) electrons. The van der Waals surface area contributed by atoms with Crippen LogP contribution >= 0.6 is 12.6 Å². The second kappa shape index (κ2) is 51.3. The van der Waals surface area contributed by atoms with E-state index in [0.29, 0.717) is 12.2 Å². The van der Waals surface area contributed by atoms with Crippen molar-refractivity contribution in [2.45, 2.75) is 0 Å². The average Bonchev–Trinajstić information content (AvgIpc) is 1.39. The number of hydrogen-bond acceptors (Lipinski definition) is 2. The van der Waals surface area contributed by atoms with Crippen LogP contribution in [-0.4, -0.2) is 17.3 Å². The molecule has 5 heteroatoms. The summed E-state index contributed by atoms with van der Waals surface area (Å²) in [6.45, 7) is 3.85. The molecule has 8 heavy (non-hydrogen) atoms. The Labute approximate surface area is 69.1 Å². The third kappa shape index (κ3) is 882. The summed E-state index contributed by atoms with van der Waals surface area (Å²) in [5.41, 5.74) is 0. The van der Waals surface area contributed by atoms with Crippen LogP contribution in [0.5, 0.6) is 0 Å². The molecule has 0 unspecified atom stereocenters. The van der Waals surface area contributed by atoms with E-state index in [1.807, 2.05) is 0 Å². The fourth-order valence-electron chi connectivity index (χ4n) is 0. The monoisotopic (exact) mass is 317 g/mol. The third-order valence-corrected chi connectivity index (χ3v) is 0.